The Balaban J connectivity index is 2.40. The molecule has 0 fully saturated rings. The van der Waals surface area contributed by atoms with Gasteiger partial charge in [-0.2, -0.15) is 5.26 Å². The fourth-order valence-electron chi connectivity index (χ4n) is 1.60. The molecule has 0 bridgehead atoms. The van der Waals surface area contributed by atoms with Gasteiger partial charge >= 0.3 is 0 Å². The van der Waals surface area contributed by atoms with Crippen LogP contribution >= 0.6 is 0 Å². The molecule has 1 rings (SSSR count). The van der Waals surface area contributed by atoms with Crippen LogP contribution in [0.4, 0.5) is 0 Å². The molecule has 0 saturated heterocycles. The van der Waals surface area contributed by atoms with Gasteiger partial charge in [-0.3, -0.25) is 4.21 Å². The molecule has 1 aromatic carbocycles. The summed E-state index contributed by atoms with van der Waals surface area (Å²) >= 11 is 0. The molecule has 5 heteroatoms. The predicted octanol–water partition coefficient (Wildman–Crippen LogP) is 1.84. The van der Waals surface area contributed by atoms with Crippen LogP contribution < -0.4 is 10.1 Å². The summed E-state index contributed by atoms with van der Waals surface area (Å²) in [4.78, 5) is 0. The van der Waals surface area contributed by atoms with Crippen molar-refractivity contribution < 1.29 is 8.95 Å². The lowest BCUT2D eigenvalue weighted by molar-refractivity contribution is 0.367. The molecule has 1 N–H and O–H groups in total. The minimum Gasteiger partial charge on any atom is -0.479 e. The molecule has 19 heavy (non-hydrogen) atoms. The molecule has 0 spiro atoms. The van der Waals surface area contributed by atoms with Crippen molar-refractivity contribution in [2.24, 2.45) is 0 Å². The molecule has 0 heterocycles. The molecular formula is C14H20N2O2S. The highest BCUT2D eigenvalue weighted by Crippen LogP contribution is 2.13. The molecule has 0 aliphatic rings. The number of hydrogen-bond donors (Lipinski definition) is 1. The lowest BCUT2D eigenvalue weighted by atomic mass is 10.2. The van der Waals surface area contributed by atoms with Gasteiger partial charge in [-0.25, -0.2) is 0 Å². The fourth-order valence-corrected chi connectivity index (χ4v) is 2.28. The summed E-state index contributed by atoms with van der Waals surface area (Å²) in [5, 5.41) is 11.8. The third-order valence-electron chi connectivity index (χ3n) is 2.69. The number of rotatable bonds is 8. The predicted molar refractivity (Wildman–Crippen MR) is 77.4 cm³/mol. The Morgan fingerprint density at radius 1 is 1.53 bits per heavy atom. The maximum Gasteiger partial charge on any atom is 0.174 e. The average Bonchev–Trinajstić information content (AvgIpc) is 2.41. The second kappa shape index (κ2) is 8.68. The fraction of sp³-hybridized carbons (Fsp3) is 0.500. The Morgan fingerprint density at radius 3 is 3.00 bits per heavy atom. The van der Waals surface area contributed by atoms with Gasteiger partial charge < -0.3 is 10.1 Å². The average molecular weight is 280 g/mol. The number of ether oxygens (including phenoxy) is 1. The van der Waals surface area contributed by atoms with Crippen molar-refractivity contribution in [1.82, 2.24) is 5.32 Å². The molecule has 0 radical (unpaired) electrons. The van der Waals surface area contributed by atoms with E-state index in [9.17, 15) is 4.21 Å². The van der Waals surface area contributed by atoms with Crippen molar-refractivity contribution >= 4 is 10.8 Å². The van der Waals surface area contributed by atoms with E-state index < -0.39 is 10.8 Å². The molecule has 0 aliphatic carbocycles. The lowest BCUT2D eigenvalue weighted by Crippen LogP contribution is -2.26. The van der Waals surface area contributed by atoms with Crippen LogP contribution in [0, 0.1) is 11.3 Å². The van der Waals surface area contributed by atoms with Gasteiger partial charge in [0.1, 0.15) is 11.8 Å². The topological polar surface area (TPSA) is 62.1 Å². The lowest BCUT2D eigenvalue weighted by Gasteiger charge is -2.13. The largest absolute Gasteiger partial charge is 0.479 e. The molecule has 1 aromatic rings. The van der Waals surface area contributed by atoms with Crippen molar-refractivity contribution in [3.8, 4) is 11.8 Å². The van der Waals surface area contributed by atoms with E-state index in [1.54, 1.807) is 6.26 Å². The van der Waals surface area contributed by atoms with Crippen molar-refractivity contribution in [3.05, 3.63) is 29.8 Å². The number of hydrogen-bond acceptors (Lipinski definition) is 4. The maximum atomic E-state index is 11.0. The van der Waals surface area contributed by atoms with Gasteiger partial charge in [-0.1, -0.05) is 12.1 Å². The van der Waals surface area contributed by atoms with E-state index in [4.69, 9.17) is 10.00 Å². The maximum absolute atomic E-state index is 11.0. The van der Waals surface area contributed by atoms with Crippen molar-refractivity contribution in [1.29, 1.82) is 5.26 Å². The second-order valence-electron chi connectivity index (χ2n) is 4.44. The van der Waals surface area contributed by atoms with Crippen LogP contribution in [0.5, 0.6) is 5.75 Å². The van der Waals surface area contributed by atoms with Gasteiger partial charge in [0.25, 0.3) is 0 Å². The molecular weight excluding hydrogens is 260 g/mol. The van der Waals surface area contributed by atoms with E-state index in [1.165, 1.54) is 0 Å². The number of nitrogens with one attached hydrogen (secondary N) is 1. The molecule has 0 aromatic heterocycles. The Hall–Kier alpha value is -1.38. The first kappa shape index (κ1) is 15.7. The number of nitrogens with zero attached hydrogens (tertiary/aromatic N) is 1. The molecule has 0 saturated carbocycles. The summed E-state index contributed by atoms with van der Waals surface area (Å²) < 4.78 is 16.3. The highest BCUT2D eigenvalue weighted by molar-refractivity contribution is 7.84. The standard InChI is InChI=1S/C14H20N2O2S/c1-12(6-9-19(2)17)16-11-13-4-3-5-14(10-13)18-8-7-15/h3-5,10,12,16H,6,8-9,11H2,1-2H3. The summed E-state index contributed by atoms with van der Waals surface area (Å²) in [6, 6.07) is 9.96. The summed E-state index contributed by atoms with van der Waals surface area (Å²) in [5.41, 5.74) is 1.11. The van der Waals surface area contributed by atoms with Gasteiger partial charge in [0, 0.05) is 35.4 Å². The SMILES string of the molecule is CC(CCS(C)=O)NCc1cccc(OCC#N)c1. The summed E-state index contributed by atoms with van der Waals surface area (Å²) in [6.07, 6.45) is 2.62. The van der Waals surface area contributed by atoms with Crippen LogP contribution in [0.25, 0.3) is 0 Å². The van der Waals surface area contributed by atoms with Crippen LogP contribution in [0.3, 0.4) is 0 Å². The van der Waals surface area contributed by atoms with E-state index >= 15 is 0 Å². The van der Waals surface area contributed by atoms with Gasteiger partial charge in [0.15, 0.2) is 6.61 Å². The molecule has 0 aliphatic heterocycles. The van der Waals surface area contributed by atoms with Crippen LogP contribution in [0.1, 0.15) is 18.9 Å². The summed E-state index contributed by atoms with van der Waals surface area (Å²) in [6.45, 7) is 2.89. The van der Waals surface area contributed by atoms with E-state index in [-0.39, 0.29) is 6.61 Å². The Bertz CT molecular complexity index is 457. The zero-order valence-electron chi connectivity index (χ0n) is 11.4. The first-order chi connectivity index (χ1) is 9.11. The normalized spacial score (nSPS) is 13.5. The van der Waals surface area contributed by atoms with Crippen molar-refractivity contribution in [3.63, 3.8) is 0 Å². The highest BCUT2D eigenvalue weighted by Gasteiger charge is 2.03. The van der Waals surface area contributed by atoms with Gasteiger partial charge in [0.05, 0.1) is 0 Å². The molecule has 2 atom stereocenters. The van der Waals surface area contributed by atoms with Crippen LogP contribution in [-0.2, 0) is 17.3 Å². The van der Waals surface area contributed by atoms with Crippen LogP contribution in [0.15, 0.2) is 24.3 Å². The molecule has 104 valence electrons. The zero-order chi connectivity index (χ0) is 14.1. The molecule has 2 unspecified atom stereocenters. The smallest absolute Gasteiger partial charge is 0.174 e. The van der Waals surface area contributed by atoms with Gasteiger partial charge in [-0.05, 0) is 31.0 Å². The second-order valence-corrected chi connectivity index (χ2v) is 6.00. The van der Waals surface area contributed by atoms with E-state index in [0.717, 1.165) is 24.3 Å². The Morgan fingerprint density at radius 2 is 2.32 bits per heavy atom. The van der Waals surface area contributed by atoms with Crippen molar-refractivity contribution in [2.45, 2.75) is 25.9 Å². The highest BCUT2D eigenvalue weighted by atomic mass is 32.2. The third-order valence-corrected chi connectivity index (χ3v) is 3.51. The van der Waals surface area contributed by atoms with Gasteiger partial charge in [0.2, 0.25) is 0 Å². The quantitative estimate of drug-likeness (QED) is 0.789. The minimum absolute atomic E-state index is 0.0651. The number of nitriles is 1. The van der Waals surface area contributed by atoms with E-state index in [2.05, 4.69) is 12.2 Å². The third kappa shape index (κ3) is 6.94. The van der Waals surface area contributed by atoms with E-state index in [0.29, 0.717) is 11.8 Å². The Labute approximate surface area is 117 Å². The first-order valence-corrected chi connectivity index (χ1v) is 7.96. The zero-order valence-corrected chi connectivity index (χ0v) is 12.2. The number of benzene rings is 1. The first-order valence-electron chi connectivity index (χ1n) is 6.24. The summed E-state index contributed by atoms with van der Waals surface area (Å²) in [7, 11) is -0.732. The van der Waals surface area contributed by atoms with Gasteiger partial charge in [-0.15, -0.1) is 0 Å². The Kier molecular flexibility index (Phi) is 7.16. The minimum atomic E-state index is -0.732. The molecule has 0 amide bonds. The van der Waals surface area contributed by atoms with Crippen LogP contribution in [0.2, 0.25) is 0 Å². The molecule has 4 nitrogen and oxygen atoms in total. The van der Waals surface area contributed by atoms with Crippen LogP contribution in [-0.4, -0.2) is 28.9 Å². The summed E-state index contributed by atoms with van der Waals surface area (Å²) in [5.74, 6) is 1.43. The van der Waals surface area contributed by atoms with E-state index in [1.807, 2.05) is 30.3 Å². The van der Waals surface area contributed by atoms with Crippen molar-refractivity contribution in [2.75, 3.05) is 18.6 Å². The monoisotopic (exact) mass is 280 g/mol.